The van der Waals surface area contributed by atoms with Crippen LogP contribution in [0.1, 0.15) is 32.6 Å². The molecule has 1 N–H and O–H groups in total. The van der Waals surface area contributed by atoms with Crippen molar-refractivity contribution in [1.82, 2.24) is 20.4 Å². The van der Waals surface area contributed by atoms with Gasteiger partial charge >= 0.3 is 0 Å². The van der Waals surface area contributed by atoms with Crippen molar-refractivity contribution in [2.45, 2.75) is 51.3 Å². The number of ether oxygens (including phenoxy) is 1. The van der Waals surface area contributed by atoms with E-state index in [9.17, 15) is 4.79 Å². The third kappa shape index (κ3) is 4.22. The summed E-state index contributed by atoms with van der Waals surface area (Å²) in [5.41, 5.74) is 0. The van der Waals surface area contributed by atoms with E-state index in [0.717, 1.165) is 26.1 Å². The molecule has 0 spiro atoms. The minimum Gasteiger partial charge on any atom is -0.461 e. The van der Waals surface area contributed by atoms with Crippen LogP contribution in [0, 0.1) is 5.92 Å². The second-order valence-electron chi connectivity index (χ2n) is 7.71. The van der Waals surface area contributed by atoms with Crippen LogP contribution in [0.25, 0.3) is 11.6 Å². The average molecular weight is 374 g/mol. The normalized spacial score (nSPS) is 25.7. The van der Waals surface area contributed by atoms with Crippen molar-refractivity contribution < 1.29 is 18.5 Å². The summed E-state index contributed by atoms with van der Waals surface area (Å²) in [4.78, 5) is 19.0. The second kappa shape index (κ2) is 7.82. The maximum Gasteiger partial charge on any atom is 0.238 e. The van der Waals surface area contributed by atoms with Crippen LogP contribution in [-0.2, 0) is 16.0 Å². The molecule has 2 aromatic heterocycles. The first-order chi connectivity index (χ1) is 13.1. The topological polar surface area (TPSA) is 93.6 Å². The first kappa shape index (κ1) is 18.2. The highest BCUT2D eigenvalue weighted by atomic mass is 16.5. The molecule has 4 rings (SSSR count). The zero-order chi connectivity index (χ0) is 18.8. The first-order valence-electron chi connectivity index (χ1n) is 9.60. The minimum atomic E-state index is 0.0129. The smallest absolute Gasteiger partial charge is 0.238 e. The van der Waals surface area contributed by atoms with Gasteiger partial charge in [0.15, 0.2) is 5.76 Å². The van der Waals surface area contributed by atoms with E-state index < -0.39 is 0 Å². The van der Waals surface area contributed by atoms with Gasteiger partial charge < -0.3 is 19.0 Å². The molecule has 2 aliphatic heterocycles. The largest absolute Gasteiger partial charge is 0.461 e. The van der Waals surface area contributed by atoms with Gasteiger partial charge in [0.2, 0.25) is 17.6 Å². The number of fused-ring (bicyclic) bond motifs is 1. The number of carbonyl (C=O) groups excluding carboxylic acids is 1. The van der Waals surface area contributed by atoms with Gasteiger partial charge in [0.25, 0.3) is 0 Å². The first-order valence-corrected chi connectivity index (χ1v) is 9.60. The number of amides is 1. The summed E-state index contributed by atoms with van der Waals surface area (Å²) in [6.07, 6.45) is 3.53. The van der Waals surface area contributed by atoms with Gasteiger partial charge in [0, 0.05) is 38.0 Å². The molecule has 2 saturated heterocycles. The Morgan fingerprint density at radius 2 is 2.30 bits per heavy atom. The molecule has 27 heavy (non-hydrogen) atoms. The lowest BCUT2D eigenvalue weighted by Gasteiger charge is -2.36. The van der Waals surface area contributed by atoms with Gasteiger partial charge in [-0.3, -0.25) is 9.69 Å². The van der Waals surface area contributed by atoms with Gasteiger partial charge in [0.1, 0.15) is 0 Å². The van der Waals surface area contributed by atoms with E-state index in [-0.39, 0.29) is 18.1 Å². The van der Waals surface area contributed by atoms with Crippen LogP contribution in [0.15, 0.2) is 27.3 Å². The van der Waals surface area contributed by atoms with Crippen molar-refractivity contribution in [2.24, 2.45) is 5.92 Å². The molecule has 0 radical (unpaired) electrons. The van der Waals surface area contributed by atoms with E-state index in [4.69, 9.17) is 13.7 Å². The molecule has 0 bridgehead atoms. The summed E-state index contributed by atoms with van der Waals surface area (Å²) in [5.74, 6) is 1.93. The Balaban J connectivity index is 1.23. The molecule has 0 saturated carbocycles. The van der Waals surface area contributed by atoms with Crippen molar-refractivity contribution in [3.8, 4) is 11.6 Å². The van der Waals surface area contributed by atoms with E-state index in [1.54, 1.807) is 18.4 Å². The maximum atomic E-state index is 12.3. The molecule has 4 heterocycles. The van der Waals surface area contributed by atoms with Crippen molar-refractivity contribution in [3.63, 3.8) is 0 Å². The Hall–Kier alpha value is -2.19. The summed E-state index contributed by atoms with van der Waals surface area (Å²) in [6, 6.07) is 4.13. The number of aromatic nitrogens is 2. The van der Waals surface area contributed by atoms with Crippen molar-refractivity contribution in [1.29, 1.82) is 0 Å². The van der Waals surface area contributed by atoms with Gasteiger partial charge in [0.05, 0.1) is 19.0 Å². The summed E-state index contributed by atoms with van der Waals surface area (Å²) < 4.78 is 16.4. The number of morpholine rings is 1. The van der Waals surface area contributed by atoms with Crippen LogP contribution >= 0.6 is 0 Å². The average Bonchev–Trinajstić information content (AvgIpc) is 3.38. The van der Waals surface area contributed by atoms with Crippen LogP contribution in [0.5, 0.6) is 0 Å². The monoisotopic (exact) mass is 374 g/mol. The number of hydrogen-bond donors (Lipinski definition) is 1. The zero-order valence-electron chi connectivity index (χ0n) is 15.8. The van der Waals surface area contributed by atoms with Crippen LogP contribution in [0.2, 0.25) is 0 Å². The Morgan fingerprint density at radius 1 is 1.41 bits per heavy atom. The predicted molar refractivity (Wildman–Crippen MR) is 96.8 cm³/mol. The lowest BCUT2D eigenvalue weighted by Crippen LogP contribution is -2.48. The molecular weight excluding hydrogens is 348 g/mol. The standard InChI is InChI=1S/C19H26N4O4/c1-12(2)16-10-23-9-13(8-14(23)11-26-16)20-17(24)5-6-18-21-19(22-27-18)15-4-3-7-25-15/h3-4,7,12-14,16H,5-6,8-11H2,1-2H3,(H,20,24)/t13-,14+,16-/m1/s1. The Kier molecular flexibility index (Phi) is 5.27. The lowest BCUT2D eigenvalue weighted by molar-refractivity contribution is -0.121. The van der Waals surface area contributed by atoms with Crippen LogP contribution in [0.3, 0.4) is 0 Å². The Bertz CT molecular complexity index is 758. The van der Waals surface area contributed by atoms with E-state index in [1.165, 1.54) is 0 Å². The predicted octanol–water partition coefficient (Wildman–Crippen LogP) is 1.88. The minimum absolute atomic E-state index is 0.0129. The van der Waals surface area contributed by atoms with E-state index >= 15 is 0 Å². The van der Waals surface area contributed by atoms with E-state index in [1.807, 2.05) is 0 Å². The number of rotatable bonds is 6. The van der Waals surface area contributed by atoms with Gasteiger partial charge in [-0.2, -0.15) is 4.98 Å². The fraction of sp³-hybridized carbons (Fsp3) is 0.632. The molecule has 1 amide bonds. The molecule has 3 atom stereocenters. The fourth-order valence-electron chi connectivity index (χ4n) is 3.79. The molecule has 0 unspecified atom stereocenters. The van der Waals surface area contributed by atoms with Gasteiger partial charge in [-0.25, -0.2) is 0 Å². The highest BCUT2D eigenvalue weighted by Crippen LogP contribution is 2.26. The fourth-order valence-corrected chi connectivity index (χ4v) is 3.79. The Labute approximate surface area is 158 Å². The zero-order valence-corrected chi connectivity index (χ0v) is 15.8. The van der Waals surface area contributed by atoms with Crippen LogP contribution in [0.4, 0.5) is 0 Å². The number of carbonyl (C=O) groups is 1. The summed E-state index contributed by atoms with van der Waals surface area (Å²) >= 11 is 0. The number of nitrogens with one attached hydrogen (secondary N) is 1. The van der Waals surface area contributed by atoms with Gasteiger partial charge in [-0.15, -0.1) is 0 Å². The molecular formula is C19H26N4O4. The van der Waals surface area contributed by atoms with E-state index in [0.29, 0.717) is 42.3 Å². The van der Waals surface area contributed by atoms with Gasteiger partial charge in [-0.1, -0.05) is 19.0 Å². The number of nitrogens with zero attached hydrogens (tertiary/aromatic N) is 3. The van der Waals surface area contributed by atoms with Crippen LogP contribution < -0.4 is 5.32 Å². The lowest BCUT2D eigenvalue weighted by atomic mass is 10.0. The number of furan rings is 1. The Morgan fingerprint density at radius 3 is 3.07 bits per heavy atom. The molecule has 0 aliphatic carbocycles. The summed E-state index contributed by atoms with van der Waals surface area (Å²) in [5, 5.41) is 7.02. The molecule has 8 nitrogen and oxygen atoms in total. The molecule has 146 valence electrons. The number of aryl methyl sites for hydroxylation is 1. The van der Waals surface area contributed by atoms with Crippen molar-refractivity contribution in [2.75, 3.05) is 19.7 Å². The second-order valence-corrected chi connectivity index (χ2v) is 7.71. The highest BCUT2D eigenvalue weighted by molar-refractivity contribution is 5.76. The molecule has 2 aromatic rings. The van der Waals surface area contributed by atoms with Crippen LogP contribution in [-0.4, -0.2) is 58.8 Å². The maximum absolute atomic E-state index is 12.3. The molecule has 8 heteroatoms. The quantitative estimate of drug-likeness (QED) is 0.825. The van der Waals surface area contributed by atoms with Crippen molar-refractivity contribution >= 4 is 5.91 Å². The summed E-state index contributed by atoms with van der Waals surface area (Å²) in [6.45, 7) is 6.98. The molecule has 0 aromatic carbocycles. The third-order valence-corrected chi connectivity index (χ3v) is 5.33. The summed E-state index contributed by atoms with van der Waals surface area (Å²) in [7, 11) is 0. The number of hydrogen-bond acceptors (Lipinski definition) is 7. The molecule has 2 aliphatic rings. The molecule has 2 fully saturated rings. The van der Waals surface area contributed by atoms with Crippen molar-refractivity contribution in [3.05, 3.63) is 24.3 Å². The highest BCUT2D eigenvalue weighted by Gasteiger charge is 2.38. The third-order valence-electron chi connectivity index (χ3n) is 5.33. The van der Waals surface area contributed by atoms with E-state index in [2.05, 4.69) is 34.2 Å². The SMILES string of the molecule is CC(C)[C@H]1CN2C[C@H](NC(=O)CCc3nc(-c4ccco4)no3)C[C@H]2CO1. The van der Waals surface area contributed by atoms with Gasteiger partial charge in [-0.05, 0) is 24.5 Å².